The summed E-state index contributed by atoms with van der Waals surface area (Å²) in [5.74, 6) is 1.49. The zero-order valence-electron chi connectivity index (χ0n) is 13.9. The van der Waals surface area contributed by atoms with Crippen molar-refractivity contribution < 1.29 is 8.42 Å². The van der Waals surface area contributed by atoms with E-state index in [0.29, 0.717) is 31.2 Å². The quantitative estimate of drug-likeness (QED) is 0.854. The minimum atomic E-state index is -3.50. The summed E-state index contributed by atoms with van der Waals surface area (Å²) in [6.45, 7) is 4.73. The average molecular weight is 382 g/mol. The van der Waals surface area contributed by atoms with Crippen LogP contribution in [-0.2, 0) is 10.0 Å². The topological polar surface area (TPSA) is 78.4 Å². The highest BCUT2D eigenvalue weighted by atomic mass is 35.5. The molecule has 1 aromatic carbocycles. The van der Waals surface area contributed by atoms with Crippen molar-refractivity contribution in [2.75, 3.05) is 42.9 Å². The van der Waals surface area contributed by atoms with Gasteiger partial charge in [0.1, 0.15) is 5.82 Å². The maximum Gasteiger partial charge on any atom is 0.243 e. The molecule has 0 bridgehead atoms. The SMILES string of the molecule is CCNc1ccc(N2CCN(S(=O)(=O)c3ccc(Cl)cc3)CC2)nn1. The number of piperazine rings is 1. The Balaban J connectivity index is 1.65. The van der Waals surface area contributed by atoms with Gasteiger partial charge in [-0.25, -0.2) is 8.42 Å². The molecule has 25 heavy (non-hydrogen) atoms. The van der Waals surface area contributed by atoms with Crippen molar-refractivity contribution in [1.29, 1.82) is 0 Å². The summed E-state index contributed by atoms with van der Waals surface area (Å²) in [6.07, 6.45) is 0. The highest BCUT2D eigenvalue weighted by Crippen LogP contribution is 2.21. The summed E-state index contributed by atoms with van der Waals surface area (Å²) in [7, 11) is -3.50. The predicted molar refractivity (Wildman–Crippen MR) is 98.6 cm³/mol. The van der Waals surface area contributed by atoms with E-state index in [2.05, 4.69) is 15.5 Å². The molecule has 1 saturated heterocycles. The third kappa shape index (κ3) is 4.02. The van der Waals surface area contributed by atoms with Crippen molar-refractivity contribution in [1.82, 2.24) is 14.5 Å². The van der Waals surface area contributed by atoms with E-state index < -0.39 is 10.0 Å². The van der Waals surface area contributed by atoms with Crippen LogP contribution in [0.4, 0.5) is 11.6 Å². The number of nitrogens with one attached hydrogen (secondary N) is 1. The molecule has 0 amide bonds. The largest absolute Gasteiger partial charge is 0.369 e. The molecule has 3 rings (SSSR count). The lowest BCUT2D eigenvalue weighted by molar-refractivity contribution is 0.383. The lowest BCUT2D eigenvalue weighted by atomic mass is 10.3. The van der Waals surface area contributed by atoms with Crippen molar-refractivity contribution in [3.63, 3.8) is 0 Å². The number of benzene rings is 1. The van der Waals surface area contributed by atoms with Crippen molar-refractivity contribution >= 4 is 33.3 Å². The minimum Gasteiger partial charge on any atom is -0.369 e. The van der Waals surface area contributed by atoms with E-state index in [-0.39, 0.29) is 4.90 Å². The number of sulfonamides is 1. The second-order valence-electron chi connectivity index (χ2n) is 5.65. The molecule has 7 nitrogen and oxygen atoms in total. The van der Waals surface area contributed by atoms with Crippen LogP contribution in [0.15, 0.2) is 41.3 Å². The summed E-state index contributed by atoms with van der Waals surface area (Å²) < 4.78 is 26.9. The highest BCUT2D eigenvalue weighted by Gasteiger charge is 2.28. The summed E-state index contributed by atoms with van der Waals surface area (Å²) in [5.41, 5.74) is 0. The molecule has 0 unspecified atom stereocenters. The Morgan fingerprint density at radius 2 is 1.72 bits per heavy atom. The van der Waals surface area contributed by atoms with Crippen molar-refractivity contribution in [3.8, 4) is 0 Å². The molecule has 0 radical (unpaired) electrons. The molecule has 9 heteroatoms. The van der Waals surface area contributed by atoms with Gasteiger partial charge in [0.25, 0.3) is 0 Å². The van der Waals surface area contributed by atoms with E-state index >= 15 is 0 Å². The molecule has 0 aliphatic carbocycles. The predicted octanol–water partition coefficient (Wildman–Crippen LogP) is 2.07. The number of hydrogen-bond donors (Lipinski definition) is 1. The molecule has 1 fully saturated rings. The van der Waals surface area contributed by atoms with Gasteiger partial charge in [0, 0.05) is 37.7 Å². The van der Waals surface area contributed by atoms with Crippen LogP contribution >= 0.6 is 11.6 Å². The second-order valence-corrected chi connectivity index (χ2v) is 8.03. The van der Waals surface area contributed by atoms with E-state index in [4.69, 9.17) is 11.6 Å². The molecule has 1 aromatic heterocycles. The number of anilines is 2. The lowest BCUT2D eigenvalue weighted by Gasteiger charge is -2.34. The standard InChI is InChI=1S/C16H20ClN5O2S/c1-2-18-15-7-8-16(20-19-15)21-9-11-22(12-10-21)25(23,24)14-5-3-13(17)4-6-14/h3-8H,2,9-12H2,1H3,(H,18,19). The van der Waals surface area contributed by atoms with Gasteiger partial charge in [0.15, 0.2) is 5.82 Å². The Labute approximate surface area is 152 Å². The van der Waals surface area contributed by atoms with Crippen LogP contribution in [0, 0.1) is 0 Å². The first-order chi connectivity index (χ1) is 12.0. The molecule has 0 spiro atoms. The van der Waals surface area contributed by atoms with Crippen LogP contribution in [0.25, 0.3) is 0 Å². The van der Waals surface area contributed by atoms with E-state index in [9.17, 15) is 8.42 Å². The van der Waals surface area contributed by atoms with E-state index in [1.54, 1.807) is 12.1 Å². The van der Waals surface area contributed by atoms with Gasteiger partial charge >= 0.3 is 0 Å². The van der Waals surface area contributed by atoms with E-state index in [0.717, 1.165) is 18.2 Å². The fraction of sp³-hybridized carbons (Fsp3) is 0.375. The highest BCUT2D eigenvalue weighted by molar-refractivity contribution is 7.89. The van der Waals surface area contributed by atoms with Gasteiger partial charge in [-0.05, 0) is 43.3 Å². The van der Waals surface area contributed by atoms with Crippen LogP contribution in [0.5, 0.6) is 0 Å². The monoisotopic (exact) mass is 381 g/mol. The van der Waals surface area contributed by atoms with Crippen LogP contribution < -0.4 is 10.2 Å². The van der Waals surface area contributed by atoms with Gasteiger partial charge in [-0.2, -0.15) is 4.31 Å². The number of hydrogen-bond acceptors (Lipinski definition) is 6. The molecular weight excluding hydrogens is 362 g/mol. The first kappa shape index (κ1) is 17.9. The Bertz CT molecular complexity index is 803. The second kappa shape index (κ2) is 7.55. The Hall–Kier alpha value is -1.90. The maximum atomic E-state index is 12.7. The third-order valence-corrected chi connectivity index (χ3v) is 6.19. The minimum absolute atomic E-state index is 0.264. The number of rotatable bonds is 5. The summed E-state index contributed by atoms with van der Waals surface area (Å²) in [5, 5.41) is 11.9. The molecule has 2 aromatic rings. The zero-order valence-corrected chi connectivity index (χ0v) is 15.5. The number of aromatic nitrogens is 2. The van der Waals surface area contributed by atoms with Gasteiger partial charge in [-0.1, -0.05) is 11.6 Å². The number of halogens is 1. The smallest absolute Gasteiger partial charge is 0.243 e. The Morgan fingerprint density at radius 3 is 2.28 bits per heavy atom. The molecule has 2 heterocycles. The molecule has 0 saturated carbocycles. The molecular formula is C16H20ClN5O2S. The maximum absolute atomic E-state index is 12.7. The van der Waals surface area contributed by atoms with Crippen LogP contribution in [0.1, 0.15) is 6.92 Å². The van der Waals surface area contributed by atoms with Gasteiger partial charge in [0.05, 0.1) is 4.90 Å². The molecule has 1 aliphatic heterocycles. The third-order valence-electron chi connectivity index (χ3n) is 4.02. The first-order valence-corrected chi connectivity index (χ1v) is 9.91. The lowest BCUT2D eigenvalue weighted by Crippen LogP contribution is -2.49. The van der Waals surface area contributed by atoms with E-state index in [1.165, 1.54) is 16.4 Å². The van der Waals surface area contributed by atoms with Crippen LogP contribution in [0.3, 0.4) is 0 Å². The molecule has 134 valence electrons. The van der Waals surface area contributed by atoms with Gasteiger partial charge in [0.2, 0.25) is 10.0 Å². The van der Waals surface area contributed by atoms with Crippen LogP contribution in [0.2, 0.25) is 5.02 Å². The van der Waals surface area contributed by atoms with Crippen LogP contribution in [-0.4, -0.2) is 55.6 Å². The molecule has 1 aliphatic rings. The Kier molecular flexibility index (Phi) is 5.41. The number of nitrogens with zero attached hydrogens (tertiary/aromatic N) is 4. The zero-order chi connectivity index (χ0) is 17.9. The van der Waals surface area contributed by atoms with Gasteiger partial charge in [-0.3, -0.25) is 0 Å². The van der Waals surface area contributed by atoms with Crippen molar-refractivity contribution in [2.45, 2.75) is 11.8 Å². The first-order valence-electron chi connectivity index (χ1n) is 8.09. The molecule has 1 N–H and O–H groups in total. The fourth-order valence-corrected chi connectivity index (χ4v) is 4.23. The van der Waals surface area contributed by atoms with Gasteiger partial charge in [-0.15, -0.1) is 10.2 Å². The van der Waals surface area contributed by atoms with Crippen molar-refractivity contribution in [2.24, 2.45) is 0 Å². The average Bonchev–Trinajstić information content (AvgIpc) is 2.63. The fourth-order valence-electron chi connectivity index (χ4n) is 2.68. The van der Waals surface area contributed by atoms with Crippen molar-refractivity contribution in [3.05, 3.63) is 41.4 Å². The summed E-state index contributed by atoms with van der Waals surface area (Å²) in [6, 6.07) is 10.0. The molecule has 0 atom stereocenters. The van der Waals surface area contributed by atoms with Gasteiger partial charge < -0.3 is 10.2 Å². The normalized spacial score (nSPS) is 16.0. The summed E-state index contributed by atoms with van der Waals surface area (Å²) in [4.78, 5) is 2.30. The van der Waals surface area contributed by atoms with E-state index in [1.807, 2.05) is 24.0 Å². The Morgan fingerprint density at radius 1 is 1.04 bits per heavy atom. The summed E-state index contributed by atoms with van der Waals surface area (Å²) >= 11 is 5.83.